The Morgan fingerprint density at radius 3 is 2.90 bits per heavy atom. The molecule has 2 heterocycles. The standard InChI is InChI=1S/C15H22N2O3.ClH/c1-11-9-17(4-3-16-11)10-12-7-13(18-2)15-14(8-12)19-5-6-20-15;/h7-8,11,16H,3-6,9-10H2,1-2H3;1H. The Morgan fingerprint density at radius 1 is 1.33 bits per heavy atom. The Kier molecular flexibility index (Phi) is 5.56. The van der Waals surface area contributed by atoms with Crippen LogP contribution >= 0.6 is 12.4 Å². The summed E-state index contributed by atoms with van der Waals surface area (Å²) in [7, 11) is 1.67. The molecule has 0 spiro atoms. The Hall–Kier alpha value is -1.17. The van der Waals surface area contributed by atoms with E-state index in [2.05, 4.69) is 29.3 Å². The molecule has 1 saturated heterocycles. The summed E-state index contributed by atoms with van der Waals surface area (Å²) in [4.78, 5) is 2.45. The van der Waals surface area contributed by atoms with Gasteiger partial charge in [0.25, 0.3) is 0 Å². The van der Waals surface area contributed by atoms with Crippen LogP contribution in [0.5, 0.6) is 17.2 Å². The molecule has 2 aliphatic rings. The van der Waals surface area contributed by atoms with E-state index < -0.39 is 0 Å². The van der Waals surface area contributed by atoms with Crippen LogP contribution in [0.25, 0.3) is 0 Å². The highest BCUT2D eigenvalue weighted by Gasteiger charge is 2.21. The van der Waals surface area contributed by atoms with Gasteiger partial charge in [-0.05, 0) is 24.6 Å². The molecule has 1 aromatic rings. The van der Waals surface area contributed by atoms with Gasteiger partial charge < -0.3 is 19.5 Å². The third-order valence-corrected chi connectivity index (χ3v) is 3.75. The van der Waals surface area contributed by atoms with Crippen LogP contribution in [0.1, 0.15) is 12.5 Å². The topological polar surface area (TPSA) is 43.0 Å². The van der Waals surface area contributed by atoms with Gasteiger partial charge in [0.05, 0.1) is 7.11 Å². The van der Waals surface area contributed by atoms with E-state index >= 15 is 0 Å². The van der Waals surface area contributed by atoms with Gasteiger partial charge >= 0.3 is 0 Å². The molecular formula is C15H23ClN2O3. The quantitative estimate of drug-likeness (QED) is 0.919. The van der Waals surface area contributed by atoms with E-state index in [0.717, 1.165) is 43.4 Å². The summed E-state index contributed by atoms with van der Waals surface area (Å²) in [5.41, 5.74) is 1.21. The maximum atomic E-state index is 5.68. The summed E-state index contributed by atoms with van der Waals surface area (Å²) < 4.78 is 16.7. The number of methoxy groups -OCH3 is 1. The van der Waals surface area contributed by atoms with E-state index in [0.29, 0.717) is 19.3 Å². The van der Waals surface area contributed by atoms with Gasteiger partial charge in [-0.3, -0.25) is 4.90 Å². The van der Waals surface area contributed by atoms with Crippen LogP contribution in [0.15, 0.2) is 12.1 Å². The van der Waals surface area contributed by atoms with Gasteiger partial charge in [0.2, 0.25) is 5.75 Å². The van der Waals surface area contributed by atoms with Crippen molar-refractivity contribution in [1.29, 1.82) is 0 Å². The van der Waals surface area contributed by atoms with Crippen LogP contribution in [-0.2, 0) is 6.54 Å². The minimum atomic E-state index is 0. The van der Waals surface area contributed by atoms with Gasteiger partial charge in [-0.2, -0.15) is 0 Å². The average molecular weight is 315 g/mol. The van der Waals surface area contributed by atoms with E-state index in [1.807, 2.05) is 0 Å². The number of halogens is 1. The highest BCUT2D eigenvalue weighted by Crippen LogP contribution is 2.40. The summed E-state index contributed by atoms with van der Waals surface area (Å²) in [5, 5.41) is 3.46. The Balaban J connectivity index is 0.00000161. The second-order valence-corrected chi connectivity index (χ2v) is 5.41. The smallest absolute Gasteiger partial charge is 0.203 e. The van der Waals surface area contributed by atoms with E-state index in [4.69, 9.17) is 14.2 Å². The third-order valence-electron chi connectivity index (χ3n) is 3.75. The first-order chi connectivity index (χ1) is 9.76. The van der Waals surface area contributed by atoms with Gasteiger partial charge in [0.1, 0.15) is 13.2 Å². The fourth-order valence-electron chi connectivity index (χ4n) is 2.83. The summed E-state index contributed by atoms with van der Waals surface area (Å²) >= 11 is 0. The maximum Gasteiger partial charge on any atom is 0.203 e. The predicted molar refractivity (Wildman–Crippen MR) is 84.0 cm³/mol. The first-order valence-electron chi connectivity index (χ1n) is 7.18. The summed E-state index contributed by atoms with van der Waals surface area (Å²) in [6.07, 6.45) is 0. The molecule has 0 saturated carbocycles. The highest BCUT2D eigenvalue weighted by atomic mass is 35.5. The first kappa shape index (κ1) is 16.2. The minimum Gasteiger partial charge on any atom is -0.493 e. The van der Waals surface area contributed by atoms with Crippen molar-refractivity contribution < 1.29 is 14.2 Å². The fraction of sp³-hybridized carbons (Fsp3) is 0.600. The monoisotopic (exact) mass is 314 g/mol. The number of nitrogens with zero attached hydrogens (tertiary/aromatic N) is 1. The van der Waals surface area contributed by atoms with Crippen LogP contribution in [0, 0.1) is 0 Å². The van der Waals surface area contributed by atoms with Gasteiger partial charge in [0.15, 0.2) is 11.5 Å². The lowest BCUT2D eigenvalue weighted by molar-refractivity contribution is 0.163. The van der Waals surface area contributed by atoms with Crippen LogP contribution < -0.4 is 19.5 Å². The van der Waals surface area contributed by atoms with Gasteiger partial charge in [-0.1, -0.05) is 0 Å². The van der Waals surface area contributed by atoms with Crippen molar-refractivity contribution in [2.75, 3.05) is 40.0 Å². The Bertz CT molecular complexity index is 467. The minimum absolute atomic E-state index is 0. The van der Waals surface area contributed by atoms with Crippen molar-refractivity contribution in [3.63, 3.8) is 0 Å². The maximum absolute atomic E-state index is 5.68. The Labute approximate surface area is 132 Å². The summed E-state index contributed by atoms with van der Waals surface area (Å²) in [6.45, 7) is 7.50. The van der Waals surface area contributed by atoms with Crippen LogP contribution in [0.4, 0.5) is 0 Å². The Morgan fingerprint density at radius 2 is 2.14 bits per heavy atom. The zero-order valence-electron chi connectivity index (χ0n) is 12.6. The van der Waals surface area contributed by atoms with E-state index in [9.17, 15) is 0 Å². The van der Waals surface area contributed by atoms with Crippen LogP contribution in [-0.4, -0.2) is 50.9 Å². The number of ether oxygens (including phenoxy) is 3. The number of hydrogen-bond donors (Lipinski definition) is 1. The van der Waals surface area contributed by atoms with E-state index in [1.165, 1.54) is 5.56 Å². The summed E-state index contributed by atoms with van der Waals surface area (Å²) in [6, 6.07) is 4.67. The lowest BCUT2D eigenvalue weighted by Crippen LogP contribution is -2.48. The van der Waals surface area contributed by atoms with Gasteiger partial charge in [-0.25, -0.2) is 0 Å². The molecule has 6 heteroatoms. The number of rotatable bonds is 3. The molecule has 1 unspecified atom stereocenters. The number of benzene rings is 1. The van der Waals surface area contributed by atoms with Crippen molar-refractivity contribution in [3.8, 4) is 17.2 Å². The number of piperazine rings is 1. The fourth-order valence-corrected chi connectivity index (χ4v) is 2.83. The van der Waals surface area contributed by atoms with Crippen LogP contribution in [0.2, 0.25) is 0 Å². The molecule has 21 heavy (non-hydrogen) atoms. The second kappa shape index (κ2) is 7.20. The molecule has 0 amide bonds. The molecule has 5 nitrogen and oxygen atoms in total. The molecule has 1 aromatic carbocycles. The van der Waals surface area contributed by atoms with Crippen molar-refractivity contribution in [2.24, 2.45) is 0 Å². The molecule has 2 aliphatic heterocycles. The lowest BCUT2D eigenvalue weighted by Gasteiger charge is -2.32. The van der Waals surface area contributed by atoms with Crippen LogP contribution in [0.3, 0.4) is 0 Å². The largest absolute Gasteiger partial charge is 0.493 e. The zero-order valence-corrected chi connectivity index (χ0v) is 13.4. The molecule has 118 valence electrons. The normalized spacial score (nSPS) is 21.5. The van der Waals surface area contributed by atoms with Gasteiger partial charge in [0, 0.05) is 32.2 Å². The first-order valence-corrected chi connectivity index (χ1v) is 7.18. The number of nitrogens with one attached hydrogen (secondary N) is 1. The molecule has 3 rings (SSSR count). The molecule has 0 aromatic heterocycles. The van der Waals surface area contributed by atoms with E-state index in [1.54, 1.807) is 7.11 Å². The molecule has 1 N–H and O–H groups in total. The second-order valence-electron chi connectivity index (χ2n) is 5.41. The third kappa shape index (κ3) is 3.73. The molecule has 0 radical (unpaired) electrons. The molecular weight excluding hydrogens is 292 g/mol. The van der Waals surface area contributed by atoms with Crippen molar-refractivity contribution in [1.82, 2.24) is 10.2 Å². The summed E-state index contributed by atoms with van der Waals surface area (Å²) in [5.74, 6) is 2.30. The highest BCUT2D eigenvalue weighted by molar-refractivity contribution is 5.85. The van der Waals surface area contributed by atoms with Crippen molar-refractivity contribution >= 4 is 12.4 Å². The molecule has 0 aliphatic carbocycles. The lowest BCUT2D eigenvalue weighted by atomic mass is 10.1. The van der Waals surface area contributed by atoms with Gasteiger partial charge in [-0.15, -0.1) is 12.4 Å². The zero-order chi connectivity index (χ0) is 13.9. The molecule has 1 atom stereocenters. The molecule has 1 fully saturated rings. The number of hydrogen-bond acceptors (Lipinski definition) is 5. The van der Waals surface area contributed by atoms with Crippen molar-refractivity contribution in [2.45, 2.75) is 19.5 Å². The number of fused-ring (bicyclic) bond motifs is 1. The average Bonchev–Trinajstić information content (AvgIpc) is 2.46. The van der Waals surface area contributed by atoms with Crippen molar-refractivity contribution in [3.05, 3.63) is 17.7 Å². The predicted octanol–water partition coefficient (Wildman–Crippen LogP) is 1.68. The van der Waals surface area contributed by atoms with E-state index in [-0.39, 0.29) is 12.4 Å². The molecule has 0 bridgehead atoms. The SMILES string of the molecule is COc1cc(CN2CCNC(C)C2)cc2c1OCCO2.Cl.